The summed E-state index contributed by atoms with van der Waals surface area (Å²) in [7, 11) is 1.90. The summed E-state index contributed by atoms with van der Waals surface area (Å²) < 4.78 is 1.79. The summed E-state index contributed by atoms with van der Waals surface area (Å²) in [5.74, 6) is 0. The number of thiazole rings is 1. The van der Waals surface area contributed by atoms with Gasteiger partial charge in [0.2, 0.25) is 0 Å². The Hall–Kier alpha value is -1.49. The van der Waals surface area contributed by atoms with Crippen LogP contribution in [0.1, 0.15) is 37.0 Å². The van der Waals surface area contributed by atoms with E-state index in [2.05, 4.69) is 30.9 Å². The topological polar surface area (TPSA) is 47.8 Å². The number of aldehydes is 1. The van der Waals surface area contributed by atoms with Gasteiger partial charge in [-0.25, -0.2) is 4.98 Å². The SMILES string of the molecule is Cn1cc(-c2nc(C=O)cs2)c(C(C)(C)C)n1. The Balaban J connectivity index is 2.55. The van der Waals surface area contributed by atoms with Gasteiger partial charge in [-0.15, -0.1) is 11.3 Å². The zero-order valence-corrected chi connectivity index (χ0v) is 11.2. The van der Waals surface area contributed by atoms with Gasteiger partial charge in [0, 0.05) is 24.0 Å². The van der Waals surface area contributed by atoms with Gasteiger partial charge >= 0.3 is 0 Å². The molecule has 4 nitrogen and oxygen atoms in total. The number of hydrogen-bond donors (Lipinski definition) is 0. The molecule has 0 aromatic carbocycles. The molecule has 2 heterocycles. The normalized spacial score (nSPS) is 11.8. The fraction of sp³-hybridized carbons (Fsp3) is 0.417. The number of hydrogen-bond acceptors (Lipinski definition) is 4. The van der Waals surface area contributed by atoms with Crippen molar-refractivity contribution in [3.63, 3.8) is 0 Å². The highest BCUT2D eigenvalue weighted by molar-refractivity contribution is 7.13. The molecular formula is C12H15N3OS. The molecule has 17 heavy (non-hydrogen) atoms. The first-order valence-electron chi connectivity index (χ1n) is 5.37. The number of aryl methyl sites for hydroxylation is 1. The molecule has 0 saturated heterocycles. The van der Waals surface area contributed by atoms with Gasteiger partial charge in [0.15, 0.2) is 6.29 Å². The molecule has 0 aliphatic heterocycles. The average Bonchev–Trinajstić information content (AvgIpc) is 2.81. The molecule has 0 atom stereocenters. The van der Waals surface area contributed by atoms with Crippen LogP contribution in [0.4, 0.5) is 0 Å². The molecule has 0 amide bonds. The predicted molar refractivity (Wildman–Crippen MR) is 68.4 cm³/mol. The number of carbonyl (C=O) groups excluding carboxylic acids is 1. The molecule has 0 fully saturated rings. The smallest absolute Gasteiger partial charge is 0.169 e. The summed E-state index contributed by atoms with van der Waals surface area (Å²) >= 11 is 1.48. The standard InChI is InChI=1S/C12H15N3OS/c1-12(2,3)10-9(5-15(4)14-10)11-13-8(6-16)7-17-11/h5-7H,1-4H3. The Morgan fingerprint density at radius 1 is 1.41 bits per heavy atom. The molecular weight excluding hydrogens is 234 g/mol. The first kappa shape index (κ1) is 12.0. The second kappa shape index (κ2) is 4.07. The van der Waals surface area contributed by atoms with Crippen LogP contribution in [0, 0.1) is 0 Å². The summed E-state index contributed by atoms with van der Waals surface area (Å²) in [5, 5.41) is 7.11. The monoisotopic (exact) mass is 249 g/mol. The maximum Gasteiger partial charge on any atom is 0.169 e. The van der Waals surface area contributed by atoms with E-state index in [-0.39, 0.29) is 5.41 Å². The van der Waals surface area contributed by atoms with Gasteiger partial charge in [-0.05, 0) is 0 Å². The number of aromatic nitrogens is 3. The largest absolute Gasteiger partial charge is 0.296 e. The van der Waals surface area contributed by atoms with Gasteiger partial charge in [0.1, 0.15) is 10.7 Å². The molecule has 90 valence electrons. The van der Waals surface area contributed by atoms with Gasteiger partial charge in [0.05, 0.1) is 11.3 Å². The highest BCUT2D eigenvalue weighted by Crippen LogP contribution is 2.33. The lowest BCUT2D eigenvalue weighted by Crippen LogP contribution is -2.13. The van der Waals surface area contributed by atoms with Gasteiger partial charge < -0.3 is 0 Å². The van der Waals surface area contributed by atoms with Gasteiger partial charge in [-0.1, -0.05) is 20.8 Å². The predicted octanol–water partition coefficient (Wildman–Crippen LogP) is 2.65. The quantitative estimate of drug-likeness (QED) is 0.769. The number of nitrogens with zero attached hydrogens (tertiary/aromatic N) is 3. The molecule has 0 N–H and O–H groups in total. The van der Waals surface area contributed by atoms with E-state index in [4.69, 9.17) is 0 Å². The van der Waals surface area contributed by atoms with E-state index in [9.17, 15) is 4.79 Å². The number of carbonyl (C=O) groups is 1. The van der Waals surface area contributed by atoms with E-state index in [0.29, 0.717) is 5.69 Å². The Bertz CT molecular complexity index is 548. The van der Waals surface area contributed by atoms with Crippen LogP contribution in [-0.2, 0) is 12.5 Å². The summed E-state index contributed by atoms with van der Waals surface area (Å²) in [4.78, 5) is 14.9. The minimum atomic E-state index is -0.0381. The van der Waals surface area contributed by atoms with Crippen molar-refractivity contribution in [2.24, 2.45) is 7.05 Å². The fourth-order valence-corrected chi connectivity index (χ4v) is 2.44. The van der Waals surface area contributed by atoms with Crippen LogP contribution in [-0.4, -0.2) is 21.1 Å². The van der Waals surface area contributed by atoms with Crippen LogP contribution in [0.3, 0.4) is 0 Å². The summed E-state index contributed by atoms with van der Waals surface area (Å²) in [5.41, 5.74) is 2.46. The van der Waals surface area contributed by atoms with Crippen LogP contribution in [0.25, 0.3) is 10.6 Å². The Labute approximate surface area is 104 Å². The average molecular weight is 249 g/mol. The molecule has 0 saturated carbocycles. The van der Waals surface area contributed by atoms with Crippen molar-refractivity contribution < 1.29 is 4.79 Å². The molecule has 2 aromatic rings. The van der Waals surface area contributed by atoms with Crippen molar-refractivity contribution in [1.82, 2.24) is 14.8 Å². The zero-order valence-electron chi connectivity index (χ0n) is 10.4. The summed E-state index contributed by atoms with van der Waals surface area (Å²) in [6.07, 6.45) is 2.72. The molecule has 0 aliphatic carbocycles. The van der Waals surface area contributed by atoms with Crippen molar-refractivity contribution in [1.29, 1.82) is 0 Å². The van der Waals surface area contributed by atoms with E-state index in [1.54, 1.807) is 10.1 Å². The Morgan fingerprint density at radius 2 is 2.12 bits per heavy atom. The van der Waals surface area contributed by atoms with Crippen LogP contribution >= 0.6 is 11.3 Å². The van der Waals surface area contributed by atoms with Crippen molar-refractivity contribution in [3.8, 4) is 10.6 Å². The van der Waals surface area contributed by atoms with Gasteiger partial charge in [-0.3, -0.25) is 9.48 Å². The van der Waals surface area contributed by atoms with E-state index in [1.165, 1.54) is 11.3 Å². The van der Waals surface area contributed by atoms with Crippen molar-refractivity contribution >= 4 is 17.6 Å². The van der Waals surface area contributed by atoms with E-state index in [1.807, 2.05) is 13.2 Å². The Kier molecular flexibility index (Phi) is 2.87. The second-order valence-corrected chi connectivity index (χ2v) is 5.87. The number of rotatable bonds is 2. The molecule has 0 bridgehead atoms. The molecule has 2 aromatic heterocycles. The maximum absolute atomic E-state index is 10.7. The van der Waals surface area contributed by atoms with E-state index >= 15 is 0 Å². The summed E-state index contributed by atoms with van der Waals surface area (Å²) in [6, 6.07) is 0. The first-order chi connectivity index (χ1) is 7.91. The lowest BCUT2D eigenvalue weighted by atomic mass is 9.90. The van der Waals surface area contributed by atoms with Crippen molar-refractivity contribution in [2.75, 3.05) is 0 Å². The van der Waals surface area contributed by atoms with Crippen molar-refractivity contribution in [3.05, 3.63) is 23.0 Å². The molecule has 5 heteroatoms. The van der Waals surface area contributed by atoms with E-state index in [0.717, 1.165) is 22.6 Å². The molecule has 2 rings (SSSR count). The van der Waals surface area contributed by atoms with Crippen LogP contribution < -0.4 is 0 Å². The molecule has 0 unspecified atom stereocenters. The lowest BCUT2D eigenvalue weighted by molar-refractivity contribution is 0.111. The highest BCUT2D eigenvalue weighted by Gasteiger charge is 2.24. The van der Waals surface area contributed by atoms with Crippen LogP contribution in [0.15, 0.2) is 11.6 Å². The zero-order chi connectivity index (χ0) is 12.6. The second-order valence-electron chi connectivity index (χ2n) is 5.01. The molecule has 0 radical (unpaired) electrons. The third kappa shape index (κ3) is 2.29. The highest BCUT2D eigenvalue weighted by atomic mass is 32.1. The van der Waals surface area contributed by atoms with Gasteiger partial charge in [-0.2, -0.15) is 5.10 Å². The van der Waals surface area contributed by atoms with E-state index < -0.39 is 0 Å². The van der Waals surface area contributed by atoms with Crippen LogP contribution in [0.2, 0.25) is 0 Å². The molecule has 0 spiro atoms. The minimum absolute atomic E-state index is 0.0381. The summed E-state index contributed by atoms with van der Waals surface area (Å²) in [6.45, 7) is 6.35. The fourth-order valence-electron chi connectivity index (χ4n) is 1.66. The maximum atomic E-state index is 10.7. The lowest BCUT2D eigenvalue weighted by Gasteiger charge is -2.16. The minimum Gasteiger partial charge on any atom is -0.296 e. The first-order valence-corrected chi connectivity index (χ1v) is 6.25. The van der Waals surface area contributed by atoms with Gasteiger partial charge in [0.25, 0.3) is 0 Å². The van der Waals surface area contributed by atoms with Crippen LogP contribution in [0.5, 0.6) is 0 Å². The molecule has 0 aliphatic rings. The van der Waals surface area contributed by atoms with Crippen molar-refractivity contribution in [2.45, 2.75) is 26.2 Å². The third-order valence-electron chi connectivity index (χ3n) is 2.41. The third-order valence-corrected chi connectivity index (χ3v) is 3.31. The Morgan fingerprint density at radius 3 is 2.65 bits per heavy atom.